The average Bonchev–Trinajstić information content (AvgIpc) is 2.81. The number of hydrogen-bond acceptors (Lipinski definition) is 6. The standard InChI is InChI=1S/C25H36N4O3/c1-4-18(15-24(30)31)19-12-13-23(29(5-2)21-10-8-7-9-11-21)22(14-19)28-20-16-26-25(27-17-20)32-6-3/h12-14,16-18,21,28H,4-11,15H2,1-3H3,(H,30,31). The van der Waals surface area contributed by atoms with Gasteiger partial charge in [-0.15, -0.1) is 0 Å². The van der Waals surface area contributed by atoms with Crippen molar-refractivity contribution in [2.45, 2.75) is 77.7 Å². The normalized spacial score (nSPS) is 15.2. The van der Waals surface area contributed by atoms with E-state index in [-0.39, 0.29) is 12.3 Å². The average molecular weight is 441 g/mol. The summed E-state index contributed by atoms with van der Waals surface area (Å²) < 4.78 is 5.36. The van der Waals surface area contributed by atoms with Crippen molar-refractivity contribution in [3.8, 4) is 6.01 Å². The molecular weight excluding hydrogens is 404 g/mol. The number of aliphatic carboxylic acids is 1. The number of aromatic nitrogens is 2. The minimum absolute atomic E-state index is 0.0246. The molecule has 174 valence electrons. The molecule has 1 aliphatic rings. The molecule has 3 rings (SSSR count). The molecule has 0 aliphatic heterocycles. The lowest BCUT2D eigenvalue weighted by Gasteiger charge is -2.37. The van der Waals surface area contributed by atoms with Gasteiger partial charge in [-0.25, -0.2) is 9.97 Å². The van der Waals surface area contributed by atoms with Crippen LogP contribution in [0.5, 0.6) is 6.01 Å². The zero-order chi connectivity index (χ0) is 22.9. The summed E-state index contributed by atoms with van der Waals surface area (Å²) in [6.45, 7) is 7.58. The van der Waals surface area contributed by atoms with Crippen LogP contribution in [0.4, 0.5) is 17.1 Å². The summed E-state index contributed by atoms with van der Waals surface area (Å²) >= 11 is 0. The molecule has 2 N–H and O–H groups in total. The van der Waals surface area contributed by atoms with E-state index < -0.39 is 5.97 Å². The van der Waals surface area contributed by atoms with Crippen LogP contribution >= 0.6 is 0 Å². The molecule has 1 aromatic heterocycles. The van der Waals surface area contributed by atoms with Gasteiger partial charge >= 0.3 is 12.0 Å². The first-order valence-electron chi connectivity index (χ1n) is 11.9. The van der Waals surface area contributed by atoms with E-state index >= 15 is 0 Å². The number of hydrogen-bond donors (Lipinski definition) is 2. The molecular formula is C25H36N4O3. The lowest BCUT2D eigenvalue weighted by molar-refractivity contribution is -0.137. The Kier molecular flexibility index (Phi) is 8.71. The van der Waals surface area contributed by atoms with Gasteiger partial charge in [-0.1, -0.05) is 32.3 Å². The van der Waals surface area contributed by atoms with Crippen molar-refractivity contribution in [2.24, 2.45) is 0 Å². The molecule has 0 saturated heterocycles. The SMILES string of the molecule is CCOc1ncc(Nc2cc(C(CC)CC(=O)O)ccc2N(CC)C2CCCCC2)cn1. The van der Waals surface area contributed by atoms with Crippen LogP contribution in [0.3, 0.4) is 0 Å². The van der Waals surface area contributed by atoms with Crippen molar-refractivity contribution in [3.63, 3.8) is 0 Å². The number of carbonyl (C=O) groups is 1. The predicted octanol–water partition coefficient (Wildman–Crippen LogP) is 5.75. The Labute approximate surface area is 191 Å². The van der Waals surface area contributed by atoms with Crippen molar-refractivity contribution >= 4 is 23.0 Å². The summed E-state index contributed by atoms with van der Waals surface area (Å²) in [4.78, 5) is 22.4. The predicted molar refractivity (Wildman–Crippen MR) is 128 cm³/mol. The van der Waals surface area contributed by atoms with E-state index in [1.807, 2.05) is 13.8 Å². The number of carboxylic acids is 1. The fourth-order valence-corrected chi connectivity index (χ4v) is 4.62. The maximum atomic E-state index is 11.4. The van der Waals surface area contributed by atoms with E-state index in [4.69, 9.17) is 4.74 Å². The van der Waals surface area contributed by atoms with Gasteiger partial charge in [0.15, 0.2) is 0 Å². The summed E-state index contributed by atoms with van der Waals surface area (Å²) in [6.07, 6.45) is 10.6. The molecule has 1 heterocycles. The Morgan fingerprint density at radius 2 is 1.91 bits per heavy atom. The first-order valence-corrected chi connectivity index (χ1v) is 11.9. The van der Waals surface area contributed by atoms with Crippen molar-refractivity contribution < 1.29 is 14.6 Å². The minimum atomic E-state index is -0.771. The first-order chi connectivity index (χ1) is 15.5. The number of nitrogens with zero attached hydrogens (tertiary/aromatic N) is 3. The molecule has 1 saturated carbocycles. The maximum Gasteiger partial charge on any atom is 0.316 e. The molecule has 0 amide bonds. The van der Waals surface area contributed by atoms with Crippen LogP contribution in [0.2, 0.25) is 0 Å². The molecule has 32 heavy (non-hydrogen) atoms. The second-order valence-electron chi connectivity index (χ2n) is 8.37. The highest BCUT2D eigenvalue weighted by molar-refractivity contribution is 5.77. The molecule has 1 aliphatic carbocycles. The summed E-state index contributed by atoms with van der Waals surface area (Å²) in [7, 11) is 0. The summed E-state index contributed by atoms with van der Waals surface area (Å²) in [5.41, 5.74) is 3.92. The van der Waals surface area contributed by atoms with Gasteiger partial charge in [0.25, 0.3) is 0 Å². The first kappa shape index (κ1) is 23.8. The second kappa shape index (κ2) is 11.7. The van der Waals surface area contributed by atoms with E-state index in [0.29, 0.717) is 18.7 Å². The largest absolute Gasteiger partial charge is 0.481 e. The number of anilines is 3. The number of carboxylic acid groups (broad SMARTS) is 1. The second-order valence-corrected chi connectivity index (χ2v) is 8.37. The highest BCUT2D eigenvalue weighted by Crippen LogP contribution is 2.37. The Morgan fingerprint density at radius 1 is 1.19 bits per heavy atom. The molecule has 0 radical (unpaired) electrons. The van der Waals surface area contributed by atoms with Gasteiger partial charge in [-0.3, -0.25) is 4.79 Å². The van der Waals surface area contributed by atoms with Crippen LogP contribution in [0, 0.1) is 0 Å². The highest BCUT2D eigenvalue weighted by atomic mass is 16.5. The number of rotatable bonds is 11. The van der Waals surface area contributed by atoms with Gasteiger partial charge in [0.05, 0.1) is 42.5 Å². The number of ether oxygens (including phenoxy) is 1. The van der Waals surface area contributed by atoms with E-state index in [1.165, 1.54) is 32.1 Å². The topological polar surface area (TPSA) is 87.6 Å². The molecule has 7 heteroatoms. The number of nitrogens with one attached hydrogen (secondary N) is 1. The quantitative estimate of drug-likeness (QED) is 0.460. The van der Waals surface area contributed by atoms with Gasteiger partial charge in [0.1, 0.15) is 0 Å². The van der Waals surface area contributed by atoms with Crippen molar-refractivity contribution in [1.29, 1.82) is 0 Å². The summed E-state index contributed by atoms with van der Waals surface area (Å²) in [5, 5.41) is 12.8. The zero-order valence-electron chi connectivity index (χ0n) is 19.5. The van der Waals surface area contributed by atoms with E-state index in [2.05, 4.69) is 45.3 Å². The fourth-order valence-electron chi connectivity index (χ4n) is 4.62. The third-order valence-electron chi connectivity index (χ3n) is 6.25. The van der Waals surface area contributed by atoms with Crippen molar-refractivity contribution in [3.05, 3.63) is 36.2 Å². The molecule has 0 bridgehead atoms. The Bertz CT molecular complexity index is 866. The van der Waals surface area contributed by atoms with Crippen LogP contribution in [0.1, 0.15) is 77.2 Å². The molecule has 0 spiro atoms. The molecule has 1 atom stereocenters. The molecule has 2 aromatic rings. The third kappa shape index (κ3) is 6.11. The molecule has 1 unspecified atom stereocenters. The fraction of sp³-hybridized carbons (Fsp3) is 0.560. The van der Waals surface area contributed by atoms with Gasteiger partial charge in [-0.2, -0.15) is 0 Å². The summed E-state index contributed by atoms with van der Waals surface area (Å²) in [6, 6.07) is 7.23. The van der Waals surface area contributed by atoms with E-state index in [1.54, 1.807) is 12.4 Å². The number of benzene rings is 1. The van der Waals surface area contributed by atoms with E-state index in [9.17, 15) is 9.90 Å². The summed E-state index contributed by atoms with van der Waals surface area (Å²) in [5.74, 6) is -0.795. The van der Waals surface area contributed by atoms with E-state index in [0.717, 1.165) is 35.6 Å². The Hall–Kier alpha value is -2.83. The lowest BCUT2D eigenvalue weighted by Crippen LogP contribution is -2.37. The Morgan fingerprint density at radius 3 is 2.50 bits per heavy atom. The third-order valence-corrected chi connectivity index (χ3v) is 6.25. The maximum absolute atomic E-state index is 11.4. The van der Waals surface area contributed by atoms with Crippen molar-refractivity contribution in [2.75, 3.05) is 23.4 Å². The van der Waals surface area contributed by atoms with Gasteiger partial charge in [-0.05, 0) is 56.7 Å². The lowest BCUT2D eigenvalue weighted by atomic mass is 9.91. The smallest absolute Gasteiger partial charge is 0.316 e. The Balaban J connectivity index is 1.96. The van der Waals surface area contributed by atoms with Crippen LogP contribution in [-0.2, 0) is 4.79 Å². The molecule has 1 fully saturated rings. The van der Waals surface area contributed by atoms with Gasteiger partial charge in [0.2, 0.25) is 0 Å². The van der Waals surface area contributed by atoms with Crippen LogP contribution in [-0.4, -0.2) is 40.2 Å². The molecule has 7 nitrogen and oxygen atoms in total. The van der Waals surface area contributed by atoms with Crippen molar-refractivity contribution in [1.82, 2.24) is 9.97 Å². The highest BCUT2D eigenvalue weighted by Gasteiger charge is 2.24. The van der Waals surface area contributed by atoms with Crippen LogP contribution in [0.15, 0.2) is 30.6 Å². The monoisotopic (exact) mass is 440 g/mol. The van der Waals surface area contributed by atoms with Crippen LogP contribution < -0.4 is 15.0 Å². The zero-order valence-corrected chi connectivity index (χ0v) is 19.5. The van der Waals surface area contributed by atoms with Crippen LogP contribution in [0.25, 0.3) is 0 Å². The minimum Gasteiger partial charge on any atom is -0.481 e. The van der Waals surface area contributed by atoms with Gasteiger partial charge < -0.3 is 20.1 Å². The molecule has 1 aromatic carbocycles. The van der Waals surface area contributed by atoms with Gasteiger partial charge in [0, 0.05) is 12.6 Å².